The van der Waals surface area contributed by atoms with Gasteiger partial charge in [-0.3, -0.25) is 0 Å². The summed E-state index contributed by atoms with van der Waals surface area (Å²) < 4.78 is 62.3. The maximum atomic E-state index is 11.4. The van der Waals surface area contributed by atoms with Gasteiger partial charge >= 0.3 is 41.5 Å². The number of aliphatic hydroxyl groups is 1. The van der Waals surface area contributed by atoms with Crippen molar-refractivity contribution in [1.29, 1.82) is 10.5 Å². The summed E-state index contributed by atoms with van der Waals surface area (Å²) in [5.74, 6) is 4.98. The van der Waals surface area contributed by atoms with Crippen molar-refractivity contribution in [2.45, 2.75) is 40.2 Å². The number of ether oxygens (including phenoxy) is 10. The van der Waals surface area contributed by atoms with E-state index in [9.17, 15) is 9.59 Å². The predicted molar refractivity (Wildman–Crippen MR) is 295 cm³/mol. The van der Waals surface area contributed by atoms with Gasteiger partial charge in [0.05, 0.1) is 46.8 Å². The summed E-state index contributed by atoms with van der Waals surface area (Å²) in [4.78, 5) is 22.5. The van der Waals surface area contributed by atoms with Crippen molar-refractivity contribution in [1.82, 2.24) is 0 Å². The summed E-state index contributed by atoms with van der Waals surface area (Å²) >= 11 is 11.7. The van der Waals surface area contributed by atoms with Crippen LogP contribution >= 0.6 is 64.8 Å². The smallest absolute Gasteiger partial charge is 0.512 e. The monoisotopic (exact) mass is 1280 g/mol. The largest absolute Gasteiger partial charge is 1.00 e. The van der Waals surface area contributed by atoms with E-state index < -0.39 is 15.2 Å². The number of aliphatic hydroxyl groups excluding tert-OH is 1. The Kier molecular flexibility index (Phi) is 38.9. The molecule has 0 saturated heterocycles. The number of aromatic hydroxyl groups is 2. The number of rotatable bonds is 7. The number of esters is 2. The Balaban J connectivity index is 0.000000893. The molecule has 4 heterocycles. The first-order valence-electron chi connectivity index (χ1n) is 22.0. The third-order valence-electron chi connectivity index (χ3n) is 8.98. The number of hydrogen-bond acceptors (Lipinski definition) is 18. The van der Waals surface area contributed by atoms with Gasteiger partial charge < -0.3 is 74.5 Å². The second-order valence-electron chi connectivity index (χ2n) is 14.1. The van der Waals surface area contributed by atoms with Gasteiger partial charge in [-0.15, -0.1) is 11.6 Å². The molecule has 0 unspecified atom stereocenters. The number of phenolic OH excluding ortho intramolecular Hbond substituents is 2. The Bertz CT molecular complexity index is 2610. The van der Waals surface area contributed by atoms with Gasteiger partial charge in [0.1, 0.15) is 52.9 Å². The van der Waals surface area contributed by atoms with Crippen molar-refractivity contribution in [3.63, 3.8) is 0 Å². The Morgan fingerprint density at radius 1 is 0.610 bits per heavy atom. The van der Waals surface area contributed by atoms with Crippen LogP contribution in [0.2, 0.25) is 0 Å². The quantitative estimate of drug-likeness (QED) is 0.0344. The fourth-order valence-corrected chi connectivity index (χ4v) is 6.06. The summed E-state index contributed by atoms with van der Waals surface area (Å²) in [6.45, 7) is 17.0. The minimum Gasteiger partial charge on any atom is -0.512 e. The number of phenols is 2. The molecule has 4 aliphatic rings. The van der Waals surface area contributed by atoms with Gasteiger partial charge in [0.25, 0.3) is 0 Å². The van der Waals surface area contributed by atoms with Crippen LogP contribution in [0.5, 0.6) is 57.5 Å². The SMILES string of the molecule is C.C=C(Br)Br.CCOC(=O)c1ccc(O)c(O)c1.CCOC(=O)c1ccc2c(c1)OCCO2.ClCc1ccc2c(c1)OCCO2.N#CCc1ccc2c(c1)OCCO2.O=S(Cl)Cl.OCc1ccc2c(c1)OCCO2.[C-]#N.[Na+]. The van der Waals surface area contributed by atoms with Gasteiger partial charge in [-0.1, -0.05) is 32.2 Å². The fourth-order valence-electron chi connectivity index (χ4n) is 5.90. The third kappa shape index (κ3) is 28.2. The molecule has 0 saturated carbocycles. The van der Waals surface area contributed by atoms with Crippen LogP contribution < -0.4 is 67.5 Å². The summed E-state index contributed by atoms with van der Waals surface area (Å²) in [6.07, 6.45) is 0.413. The predicted octanol–water partition coefficient (Wildman–Crippen LogP) is 8.61. The molecule has 0 atom stereocenters. The molecular formula is C52H56Br2Cl3N2NaO16S. The van der Waals surface area contributed by atoms with Crippen LogP contribution in [0.4, 0.5) is 0 Å². The molecule has 0 radical (unpaired) electrons. The first-order valence-corrected chi connectivity index (χ1v) is 27.0. The zero-order valence-electron chi connectivity index (χ0n) is 41.4. The Morgan fingerprint density at radius 2 is 0.922 bits per heavy atom. The van der Waals surface area contributed by atoms with Gasteiger partial charge in [-0.2, -0.15) is 5.26 Å². The summed E-state index contributed by atoms with van der Waals surface area (Å²) in [5, 5.41) is 41.6. The molecule has 5 aromatic carbocycles. The van der Waals surface area contributed by atoms with Gasteiger partial charge in [-0.25, -0.2) is 13.8 Å². The van der Waals surface area contributed by atoms with E-state index in [4.69, 9.17) is 95.6 Å². The Morgan fingerprint density at radius 3 is 1.29 bits per heavy atom. The average Bonchev–Trinajstić information content (AvgIpc) is 3.42. The number of carbonyl (C=O) groups is 2. The second-order valence-corrected chi connectivity index (χ2v) is 19.9. The van der Waals surface area contributed by atoms with Crippen LogP contribution in [0.1, 0.15) is 58.7 Å². The molecule has 77 heavy (non-hydrogen) atoms. The molecule has 412 valence electrons. The second kappa shape index (κ2) is 41.8. The molecule has 0 spiro atoms. The molecule has 3 N–H and O–H groups in total. The number of alkyl halides is 1. The van der Waals surface area contributed by atoms with Crippen molar-refractivity contribution in [3.05, 3.63) is 135 Å². The number of benzene rings is 5. The molecule has 4 aliphatic heterocycles. The molecule has 0 amide bonds. The van der Waals surface area contributed by atoms with Crippen LogP contribution in [0, 0.1) is 23.2 Å². The minimum absolute atomic E-state index is 0. The number of fused-ring (bicyclic) bond motifs is 4. The molecule has 0 aliphatic carbocycles. The van der Waals surface area contributed by atoms with Crippen LogP contribution in [-0.2, 0) is 37.6 Å². The van der Waals surface area contributed by atoms with Crippen molar-refractivity contribution >= 4 is 86.0 Å². The van der Waals surface area contributed by atoms with E-state index >= 15 is 0 Å². The first-order chi connectivity index (χ1) is 36.1. The summed E-state index contributed by atoms with van der Waals surface area (Å²) in [5.41, 5.74) is 3.57. The zero-order chi connectivity index (χ0) is 55.5. The van der Waals surface area contributed by atoms with Crippen LogP contribution in [0.25, 0.3) is 0 Å². The topological polar surface area (TPSA) is 252 Å². The number of nitriles is 1. The third-order valence-corrected chi connectivity index (χ3v) is 9.29. The van der Waals surface area contributed by atoms with Crippen LogP contribution in [0.15, 0.2) is 101 Å². The van der Waals surface area contributed by atoms with Gasteiger partial charge in [0.15, 0.2) is 57.5 Å². The summed E-state index contributed by atoms with van der Waals surface area (Å²) in [6, 6.07) is 27.7. The van der Waals surface area contributed by atoms with Gasteiger partial charge in [0.2, 0.25) is 9.23 Å². The number of nitrogens with zero attached hydrogens (tertiary/aromatic N) is 2. The number of carbonyl (C=O) groups excluding carboxylic acids is 2. The molecule has 5 aromatic rings. The van der Waals surface area contributed by atoms with Crippen molar-refractivity contribution < 1.29 is 106 Å². The zero-order valence-corrected chi connectivity index (χ0v) is 49.7. The van der Waals surface area contributed by atoms with E-state index in [0.717, 1.165) is 60.6 Å². The molecule has 0 fully saturated rings. The van der Waals surface area contributed by atoms with E-state index in [1.165, 1.54) is 12.1 Å². The van der Waals surface area contributed by atoms with E-state index in [2.05, 4.69) is 65.9 Å². The van der Waals surface area contributed by atoms with E-state index in [0.29, 0.717) is 88.8 Å². The Hall–Kier alpha value is -5.30. The molecule has 18 nitrogen and oxygen atoms in total. The van der Waals surface area contributed by atoms with Crippen molar-refractivity contribution in [2.24, 2.45) is 0 Å². The molecule has 0 bridgehead atoms. The average molecular weight is 1290 g/mol. The maximum Gasteiger partial charge on any atom is 1.00 e. The summed E-state index contributed by atoms with van der Waals surface area (Å²) in [7, 11) is 7.36. The normalized spacial score (nSPS) is 11.8. The number of halogens is 5. The molecule has 0 aromatic heterocycles. The van der Waals surface area contributed by atoms with Crippen molar-refractivity contribution in [3.8, 4) is 63.6 Å². The van der Waals surface area contributed by atoms with Crippen LogP contribution in [-0.4, -0.2) is 97.5 Å². The molecule has 25 heteroatoms. The fraction of sp³-hybridized carbons (Fsp3) is 0.308. The van der Waals surface area contributed by atoms with E-state index in [1.807, 2.05) is 48.5 Å². The minimum atomic E-state index is -1.67. The molecule has 9 rings (SSSR count). The Labute approximate surface area is 503 Å². The van der Waals surface area contributed by atoms with E-state index in [1.54, 1.807) is 38.1 Å². The van der Waals surface area contributed by atoms with Gasteiger partial charge in [-0.05, 0) is 135 Å². The van der Waals surface area contributed by atoms with Crippen molar-refractivity contribution in [2.75, 3.05) is 66.1 Å². The standard InChI is InChI=1S/C11H12O4.C10H9NO2.C9H9ClO2.C9H10O4.C9H10O3.C2H2Br2.CN.CH4.Cl2OS.Na/c1-2-13-11(12)8-3-4-9-10(7-8)15-6-5-14-9;11-4-3-8-1-2-9-10(7-8)13-6-5-12-9;10-6-7-1-2-8-9(5-7)12-4-3-11-8;1-2-13-9(12)6-3-4-7(10)8(11)5-6;10-6-7-1-2-8-9(5-7)12-4-3-11-8;1-2(3)4;1-2;;1-4(2)3;/h3-4,7H,2,5-6H2,1H3;1-2,7H,3,5-6H2;1-2,5H,3-4,6H2;3-5,10-11H,2H2,1H3;1-2,5,10H,3-4,6H2;1H2;;1H4;;/q;;;;;;-1;;;+1. The van der Waals surface area contributed by atoms with Crippen LogP contribution in [0.3, 0.4) is 0 Å². The van der Waals surface area contributed by atoms with Gasteiger partial charge in [0, 0.05) is 27.2 Å². The number of hydrogen-bond donors (Lipinski definition) is 3. The maximum absolute atomic E-state index is 11.4. The first kappa shape index (κ1) is 71.7. The van der Waals surface area contributed by atoms with E-state index in [-0.39, 0.29) is 73.2 Å². The molecular weight excluding hydrogens is 1230 g/mol.